The number of nitrogens with zero attached hydrogens (tertiary/aromatic N) is 1. The zero-order valence-electron chi connectivity index (χ0n) is 12.4. The second-order valence-electron chi connectivity index (χ2n) is 6.84. The third-order valence-electron chi connectivity index (χ3n) is 4.41. The van der Waals surface area contributed by atoms with Crippen LogP contribution in [0.5, 0.6) is 0 Å². The third kappa shape index (κ3) is 3.23. The lowest BCUT2D eigenvalue weighted by Gasteiger charge is -2.27. The van der Waals surface area contributed by atoms with Crippen LogP contribution in [0.4, 0.5) is 4.79 Å². The molecule has 0 radical (unpaired) electrons. The first kappa shape index (κ1) is 15.1. The fourth-order valence-corrected chi connectivity index (χ4v) is 2.84. The zero-order valence-corrected chi connectivity index (χ0v) is 12.4. The standard InChI is InChI=1S/C14H24N2O4/c1-14(2,3)9-4-5-16(6-9)13(19)15-11-8-20-7-10(11)12(17)18/h9-11H,4-8H2,1-3H3,(H,15,19)(H,17,18). The Labute approximate surface area is 119 Å². The van der Waals surface area contributed by atoms with Crippen LogP contribution in [0.25, 0.3) is 0 Å². The van der Waals surface area contributed by atoms with E-state index in [1.807, 2.05) is 0 Å². The number of carbonyl (C=O) groups is 2. The number of amides is 2. The zero-order chi connectivity index (χ0) is 14.9. The molecule has 0 aliphatic carbocycles. The Bertz CT molecular complexity index is 391. The molecule has 2 N–H and O–H groups in total. The molecule has 0 aromatic carbocycles. The quantitative estimate of drug-likeness (QED) is 0.797. The van der Waals surface area contributed by atoms with Crippen LogP contribution >= 0.6 is 0 Å². The third-order valence-corrected chi connectivity index (χ3v) is 4.41. The van der Waals surface area contributed by atoms with Gasteiger partial charge in [0.2, 0.25) is 0 Å². The molecule has 0 bridgehead atoms. The summed E-state index contributed by atoms with van der Waals surface area (Å²) >= 11 is 0. The van der Waals surface area contributed by atoms with Crippen LogP contribution in [0.2, 0.25) is 0 Å². The Hall–Kier alpha value is -1.30. The van der Waals surface area contributed by atoms with Crippen LogP contribution in [0.15, 0.2) is 0 Å². The maximum Gasteiger partial charge on any atom is 0.317 e. The topological polar surface area (TPSA) is 78.9 Å². The molecule has 2 aliphatic heterocycles. The average Bonchev–Trinajstić information content (AvgIpc) is 2.95. The Morgan fingerprint density at radius 2 is 2.00 bits per heavy atom. The number of carboxylic acid groups (broad SMARTS) is 1. The van der Waals surface area contributed by atoms with E-state index < -0.39 is 17.9 Å². The van der Waals surface area contributed by atoms with Crippen LogP contribution in [-0.4, -0.2) is 54.4 Å². The molecule has 2 fully saturated rings. The van der Waals surface area contributed by atoms with Gasteiger partial charge in [0, 0.05) is 13.1 Å². The number of urea groups is 1. The highest BCUT2D eigenvalue weighted by molar-refractivity contribution is 5.77. The van der Waals surface area contributed by atoms with Gasteiger partial charge in [0.05, 0.1) is 19.3 Å². The lowest BCUT2D eigenvalue weighted by molar-refractivity contribution is -0.142. The van der Waals surface area contributed by atoms with E-state index in [1.54, 1.807) is 4.90 Å². The number of hydrogen-bond donors (Lipinski definition) is 2. The molecule has 2 saturated heterocycles. The van der Waals surface area contributed by atoms with E-state index in [2.05, 4.69) is 26.1 Å². The van der Waals surface area contributed by atoms with Gasteiger partial charge in [0.1, 0.15) is 5.92 Å². The van der Waals surface area contributed by atoms with E-state index >= 15 is 0 Å². The number of aliphatic carboxylic acids is 1. The van der Waals surface area contributed by atoms with Crippen molar-refractivity contribution in [1.82, 2.24) is 10.2 Å². The molecule has 2 rings (SSSR count). The molecule has 2 amide bonds. The largest absolute Gasteiger partial charge is 0.481 e. The van der Waals surface area contributed by atoms with Crippen LogP contribution in [0, 0.1) is 17.3 Å². The molecule has 0 aromatic rings. The van der Waals surface area contributed by atoms with E-state index in [0.717, 1.165) is 19.5 Å². The fourth-order valence-electron chi connectivity index (χ4n) is 2.84. The lowest BCUT2D eigenvalue weighted by atomic mass is 9.80. The number of rotatable bonds is 2. The molecule has 2 aliphatic rings. The predicted octanol–water partition coefficient (Wildman–Crippen LogP) is 1.16. The predicted molar refractivity (Wildman–Crippen MR) is 73.4 cm³/mol. The minimum absolute atomic E-state index is 0.168. The van der Waals surface area contributed by atoms with Crippen molar-refractivity contribution in [2.24, 2.45) is 17.3 Å². The smallest absolute Gasteiger partial charge is 0.317 e. The van der Waals surface area contributed by atoms with Gasteiger partial charge < -0.3 is 20.1 Å². The summed E-state index contributed by atoms with van der Waals surface area (Å²) in [7, 11) is 0. The van der Waals surface area contributed by atoms with E-state index in [4.69, 9.17) is 9.84 Å². The summed E-state index contributed by atoms with van der Waals surface area (Å²) in [4.78, 5) is 25.0. The van der Waals surface area contributed by atoms with Crippen molar-refractivity contribution < 1.29 is 19.4 Å². The van der Waals surface area contributed by atoms with Gasteiger partial charge in [-0.05, 0) is 17.8 Å². The maximum absolute atomic E-state index is 12.2. The van der Waals surface area contributed by atoms with E-state index in [1.165, 1.54) is 0 Å². The molecule has 6 nitrogen and oxygen atoms in total. The van der Waals surface area contributed by atoms with Gasteiger partial charge in [0.25, 0.3) is 0 Å². The molecule has 2 heterocycles. The van der Waals surface area contributed by atoms with E-state index in [0.29, 0.717) is 5.92 Å². The highest BCUT2D eigenvalue weighted by Crippen LogP contribution is 2.33. The summed E-state index contributed by atoms with van der Waals surface area (Å²) < 4.78 is 5.16. The Kier molecular flexibility index (Phi) is 4.22. The molecule has 20 heavy (non-hydrogen) atoms. The number of likely N-dealkylation sites (tertiary alicyclic amines) is 1. The van der Waals surface area contributed by atoms with Crippen LogP contribution in [-0.2, 0) is 9.53 Å². The van der Waals surface area contributed by atoms with Gasteiger partial charge in [-0.2, -0.15) is 0 Å². The van der Waals surface area contributed by atoms with Crippen molar-refractivity contribution in [3.63, 3.8) is 0 Å². The number of hydrogen-bond acceptors (Lipinski definition) is 3. The molecule has 0 aromatic heterocycles. The van der Waals surface area contributed by atoms with Gasteiger partial charge >= 0.3 is 12.0 Å². The monoisotopic (exact) mass is 284 g/mol. The molecule has 6 heteroatoms. The van der Waals surface area contributed by atoms with Crippen molar-refractivity contribution in [2.45, 2.75) is 33.2 Å². The number of ether oxygens (including phenoxy) is 1. The van der Waals surface area contributed by atoms with E-state index in [-0.39, 0.29) is 24.7 Å². The normalized spacial score (nSPS) is 30.6. The fraction of sp³-hybridized carbons (Fsp3) is 0.857. The van der Waals surface area contributed by atoms with Crippen molar-refractivity contribution in [3.8, 4) is 0 Å². The Balaban J connectivity index is 1.88. The molecule has 3 atom stereocenters. The maximum atomic E-state index is 12.2. The van der Waals surface area contributed by atoms with Gasteiger partial charge in [-0.25, -0.2) is 4.79 Å². The molecular formula is C14H24N2O4. The first-order valence-corrected chi connectivity index (χ1v) is 7.15. The molecular weight excluding hydrogens is 260 g/mol. The summed E-state index contributed by atoms with van der Waals surface area (Å²) in [5, 5.41) is 11.9. The minimum atomic E-state index is -0.915. The van der Waals surface area contributed by atoms with Gasteiger partial charge in [0.15, 0.2) is 0 Å². The second-order valence-corrected chi connectivity index (χ2v) is 6.84. The van der Waals surface area contributed by atoms with Crippen molar-refractivity contribution in [2.75, 3.05) is 26.3 Å². The second kappa shape index (κ2) is 5.60. The SMILES string of the molecule is CC(C)(C)C1CCN(C(=O)NC2COCC2C(=O)O)C1. The van der Waals surface area contributed by atoms with Gasteiger partial charge in [-0.1, -0.05) is 20.8 Å². The van der Waals surface area contributed by atoms with Crippen LogP contribution in [0.3, 0.4) is 0 Å². The molecule has 3 unspecified atom stereocenters. The number of carbonyl (C=O) groups excluding carboxylic acids is 1. The number of nitrogens with one attached hydrogen (secondary N) is 1. The van der Waals surface area contributed by atoms with Crippen LogP contribution in [0.1, 0.15) is 27.2 Å². The van der Waals surface area contributed by atoms with Crippen molar-refractivity contribution in [3.05, 3.63) is 0 Å². The highest BCUT2D eigenvalue weighted by atomic mass is 16.5. The lowest BCUT2D eigenvalue weighted by Crippen LogP contribution is -2.48. The summed E-state index contributed by atoms with van der Waals surface area (Å²) in [5.41, 5.74) is 0.190. The number of carboxylic acids is 1. The highest BCUT2D eigenvalue weighted by Gasteiger charge is 2.38. The molecule has 0 saturated carbocycles. The Morgan fingerprint density at radius 3 is 2.55 bits per heavy atom. The Morgan fingerprint density at radius 1 is 1.30 bits per heavy atom. The molecule has 114 valence electrons. The van der Waals surface area contributed by atoms with Crippen molar-refractivity contribution in [1.29, 1.82) is 0 Å². The summed E-state index contributed by atoms with van der Waals surface area (Å²) in [6.07, 6.45) is 1.00. The average molecular weight is 284 g/mol. The van der Waals surface area contributed by atoms with Crippen molar-refractivity contribution >= 4 is 12.0 Å². The van der Waals surface area contributed by atoms with Crippen LogP contribution < -0.4 is 5.32 Å². The summed E-state index contributed by atoms with van der Waals surface area (Å²) in [6, 6.07) is -0.591. The van der Waals surface area contributed by atoms with E-state index in [9.17, 15) is 9.59 Å². The first-order valence-electron chi connectivity index (χ1n) is 7.15. The van der Waals surface area contributed by atoms with Gasteiger partial charge in [-0.15, -0.1) is 0 Å². The summed E-state index contributed by atoms with van der Waals surface area (Å²) in [5.74, 6) is -1.06. The first-order chi connectivity index (χ1) is 9.29. The molecule has 0 spiro atoms. The summed E-state index contributed by atoms with van der Waals surface area (Å²) in [6.45, 7) is 8.48. The minimum Gasteiger partial charge on any atom is -0.481 e. The van der Waals surface area contributed by atoms with Gasteiger partial charge in [-0.3, -0.25) is 4.79 Å².